The fourth-order valence-electron chi connectivity index (χ4n) is 2.05. The first kappa shape index (κ1) is 15.2. The maximum Gasteiger partial charge on any atom is 0.322 e. The number of ether oxygens (including phenoxy) is 1. The quantitative estimate of drug-likeness (QED) is 0.781. The third kappa shape index (κ3) is 3.92. The number of nitrogens with one attached hydrogen (secondary N) is 1. The highest BCUT2D eigenvalue weighted by atomic mass is 32.1. The molecule has 1 N–H and O–H groups in total. The molecule has 0 aliphatic carbocycles. The zero-order chi connectivity index (χ0) is 16.2. The summed E-state index contributed by atoms with van der Waals surface area (Å²) in [5.41, 5.74) is 2.41. The highest BCUT2D eigenvalue weighted by molar-refractivity contribution is 7.12. The number of benzene rings is 1. The van der Waals surface area contributed by atoms with Crippen LogP contribution in [-0.2, 0) is 0 Å². The van der Waals surface area contributed by atoms with Gasteiger partial charge in [0.25, 0.3) is 5.91 Å². The van der Waals surface area contributed by atoms with Crippen molar-refractivity contribution in [2.75, 3.05) is 5.32 Å². The van der Waals surface area contributed by atoms with Crippen LogP contribution in [0.25, 0.3) is 0 Å². The third-order valence-corrected chi connectivity index (χ3v) is 3.90. The van der Waals surface area contributed by atoms with Crippen LogP contribution < -0.4 is 10.1 Å². The van der Waals surface area contributed by atoms with Crippen molar-refractivity contribution in [3.63, 3.8) is 0 Å². The van der Waals surface area contributed by atoms with Gasteiger partial charge >= 0.3 is 6.01 Å². The molecule has 2 heterocycles. The van der Waals surface area contributed by atoms with Crippen LogP contribution in [0.2, 0.25) is 0 Å². The number of rotatable bonds is 4. The molecule has 3 rings (SSSR count). The van der Waals surface area contributed by atoms with E-state index in [9.17, 15) is 4.79 Å². The Hall–Kier alpha value is -2.73. The number of amides is 1. The van der Waals surface area contributed by atoms with E-state index in [2.05, 4.69) is 15.3 Å². The summed E-state index contributed by atoms with van der Waals surface area (Å²) in [5, 5.41) is 4.71. The van der Waals surface area contributed by atoms with Gasteiger partial charge in [-0.15, -0.1) is 11.3 Å². The minimum atomic E-state index is -0.119. The van der Waals surface area contributed by atoms with Crippen molar-refractivity contribution in [3.8, 4) is 11.8 Å². The lowest BCUT2D eigenvalue weighted by Crippen LogP contribution is -2.09. The first-order valence-corrected chi connectivity index (χ1v) is 7.93. The minimum Gasteiger partial charge on any atom is -0.424 e. The van der Waals surface area contributed by atoms with Gasteiger partial charge in [0.05, 0.1) is 4.88 Å². The molecule has 6 heteroatoms. The Kier molecular flexibility index (Phi) is 4.34. The topological polar surface area (TPSA) is 64.1 Å². The van der Waals surface area contributed by atoms with Crippen LogP contribution in [0.1, 0.15) is 21.1 Å². The van der Waals surface area contributed by atoms with E-state index in [4.69, 9.17) is 4.74 Å². The molecule has 23 heavy (non-hydrogen) atoms. The summed E-state index contributed by atoms with van der Waals surface area (Å²) in [6.07, 6.45) is 0. The second kappa shape index (κ2) is 6.58. The average molecular weight is 325 g/mol. The van der Waals surface area contributed by atoms with Crippen molar-refractivity contribution in [2.45, 2.75) is 13.8 Å². The summed E-state index contributed by atoms with van der Waals surface area (Å²) in [7, 11) is 0. The number of hydrogen-bond acceptors (Lipinski definition) is 5. The Morgan fingerprint density at radius 1 is 1.09 bits per heavy atom. The Labute approximate surface area is 138 Å². The van der Waals surface area contributed by atoms with Crippen LogP contribution in [-0.4, -0.2) is 15.9 Å². The first-order valence-electron chi connectivity index (χ1n) is 7.05. The van der Waals surface area contributed by atoms with Crippen LogP contribution in [0.3, 0.4) is 0 Å². The maximum atomic E-state index is 12.0. The molecule has 1 amide bonds. The van der Waals surface area contributed by atoms with Gasteiger partial charge in [0.15, 0.2) is 0 Å². The molecule has 0 spiro atoms. The fraction of sp³-hybridized carbons (Fsp3) is 0.118. The largest absolute Gasteiger partial charge is 0.424 e. The van der Waals surface area contributed by atoms with Crippen LogP contribution in [0.5, 0.6) is 11.8 Å². The Balaban J connectivity index is 1.68. The van der Waals surface area contributed by atoms with Gasteiger partial charge in [-0.2, -0.15) is 0 Å². The average Bonchev–Trinajstić information content (AvgIpc) is 3.02. The van der Waals surface area contributed by atoms with Crippen molar-refractivity contribution in [1.29, 1.82) is 0 Å². The SMILES string of the molecule is Cc1cc(C)nc(Oc2ccc(NC(=O)c3cccs3)cc2)n1. The summed E-state index contributed by atoms with van der Waals surface area (Å²) in [6, 6.07) is 12.9. The van der Waals surface area contributed by atoms with E-state index in [1.807, 2.05) is 31.4 Å². The zero-order valence-corrected chi connectivity index (χ0v) is 13.6. The predicted octanol–water partition coefficient (Wildman–Crippen LogP) is 4.20. The molecule has 116 valence electrons. The monoisotopic (exact) mass is 325 g/mol. The lowest BCUT2D eigenvalue weighted by molar-refractivity contribution is 0.103. The molecule has 0 aliphatic heterocycles. The number of carbonyl (C=O) groups is 1. The molecule has 0 aliphatic rings. The van der Waals surface area contributed by atoms with Gasteiger partial charge in [0, 0.05) is 17.1 Å². The van der Waals surface area contributed by atoms with E-state index >= 15 is 0 Å². The molecule has 0 radical (unpaired) electrons. The summed E-state index contributed by atoms with van der Waals surface area (Å²) in [5.74, 6) is 0.496. The molecule has 0 saturated carbocycles. The molecule has 5 nitrogen and oxygen atoms in total. The summed E-state index contributed by atoms with van der Waals surface area (Å²) in [4.78, 5) is 21.1. The number of anilines is 1. The van der Waals surface area contributed by atoms with Crippen molar-refractivity contribution < 1.29 is 9.53 Å². The lowest BCUT2D eigenvalue weighted by Gasteiger charge is -2.07. The van der Waals surface area contributed by atoms with Crippen LogP contribution in [0.15, 0.2) is 47.8 Å². The summed E-state index contributed by atoms with van der Waals surface area (Å²) >= 11 is 1.40. The smallest absolute Gasteiger partial charge is 0.322 e. The molecular weight excluding hydrogens is 310 g/mol. The second-order valence-corrected chi connectivity index (χ2v) is 5.94. The van der Waals surface area contributed by atoms with Gasteiger partial charge in [0.2, 0.25) is 0 Å². The fourth-order valence-corrected chi connectivity index (χ4v) is 2.67. The van der Waals surface area contributed by atoms with Gasteiger partial charge in [-0.3, -0.25) is 4.79 Å². The van der Waals surface area contributed by atoms with Crippen molar-refractivity contribution in [3.05, 3.63) is 64.1 Å². The number of aromatic nitrogens is 2. The lowest BCUT2D eigenvalue weighted by atomic mass is 10.3. The molecule has 0 fully saturated rings. The summed E-state index contributed by atoms with van der Waals surface area (Å²) < 4.78 is 5.64. The normalized spacial score (nSPS) is 10.3. The highest BCUT2D eigenvalue weighted by Crippen LogP contribution is 2.21. The molecule has 0 unspecified atom stereocenters. The Bertz CT molecular complexity index is 794. The van der Waals surface area contributed by atoms with Gasteiger partial charge in [-0.05, 0) is 55.6 Å². The van der Waals surface area contributed by atoms with Gasteiger partial charge in [-0.25, -0.2) is 9.97 Å². The summed E-state index contributed by atoms with van der Waals surface area (Å²) in [6.45, 7) is 3.79. The maximum absolute atomic E-state index is 12.0. The molecular formula is C17H15N3O2S. The van der Waals surface area contributed by atoms with E-state index in [-0.39, 0.29) is 5.91 Å². The van der Waals surface area contributed by atoms with Crippen LogP contribution in [0, 0.1) is 13.8 Å². The molecule has 0 bridgehead atoms. The highest BCUT2D eigenvalue weighted by Gasteiger charge is 2.07. The number of nitrogens with zero attached hydrogens (tertiary/aromatic N) is 2. The first-order chi connectivity index (χ1) is 11.1. The van der Waals surface area contributed by atoms with Gasteiger partial charge in [-0.1, -0.05) is 6.07 Å². The minimum absolute atomic E-state index is 0.119. The molecule has 3 aromatic rings. The van der Waals surface area contributed by atoms with E-state index in [0.29, 0.717) is 22.3 Å². The van der Waals surface area contributed by atoms with Gasteiger partial charge in [0.1, 0.15) is 5.75 Å². The number of hydrogen-bond donors (Lipinski definition) is 1. The van der Waals surface area contributed by atoms with E-state index in [1.165, 1.54) is 11.3 Å². The zero-order valence-electron chi connectivity index (χ0n) is 12.7. The molecule has 0 saturated heterocycles. The molecule has 1 aromatic carbocycles. The van der Waals surface area contributed by atoms with Crippen molar-refractivity contribution in [2.24, 2.45) is 0 Å². The number of thiophene rings is 1. The number of aryl methyl sites for hydroxylation is 2. The molecule has 2 aromatic heterocycles. The number of carbonyl (C=O) groups excluding carboxylic acids is 1. The molecule has 0 atom stereocenters. The van der Waals surface area contributed by atoms with E-state index < -0.39 is 0 Å². The van der Waals surface area contributed by atoms with E-state index in [0.717, 1.165) is 11.4 Å². The van der Waals surface area contributed by atoms with Gasteiger partial charge < -0.3 is 10.1 Å². The van der Waals surface area contributed by atoms with Crippen molar-refractivity contribution >= 4 is 22.9 Å². The third-order valence-electron chi connectivity index (χ3n) is 3.03. The Morgan fingerprint density at radius 2 is 1.78 bits per heavy atom. The second-order valence-electron chi connectivity index (χ2n) is 4.99. The Morgan fingerprint density at radius 3 is 2.39 bits per heavy atom. The van der Waals surface area contributed by atoms with Crippen LogP contribution in [0.4, 0.5) is 5.69 Å². The standard InChI is InChI=1S/C17H15N3O2S/c1-11-10-12(2)19-17(18-11)22-14-7-5-13(6-8-14)20-16(21)15-4-3-9-23-15/h3-10H,1-2H3,(H,20,21). The van der Waals surface area contributed by atoms with Crippen molar-refractivity contribution in [1.82, 2.24) is 9.97 Å². The van der Waals surface area contributed by atoms with E-state index in [1.54, 1.807) is 30.3 Å². The predicted molar refractivity (Wildman–Crippen MR) is 90.3 cm³/mol. The van der Waals surface area contributed by atoms with Crippen LogP contribution >= 0.6 is 11.3 Å².